The molecule has 0 aliphatic carbocycles. The Morgan fingerprint density at radius 3 is 2.76 bits per heavy atom. The van der Waals surface area contributed by atoms with Gasteiger partial charge in [0.2, 0.25) is 5.91 Å². The molecular weight excluding hydrogens is 254 g/mol. The summed E-state index contributed by atoms with van der Waals surface area (Å²) in [4.78, 5) is 12.6. The summed E-state index contributed by atoms with van der Waals surface area (Å²) in [5.41, 5.74) is 0. The molecule has 1 atom stereocenters. The third-order valence-corrected chi connectivity index (χ3v) is 3.44. The van der Waals surface area contributed by atoms with Gasteiger partial charge in [-0.1, -0.05) is 18.2 Å². The van der Waals surface area contributed by atoms with E-state index in [1.807, 2.05) is 37.3 Å². The molecule has 1 N–H and O–H groups in total. The number of amides is 1. The molecule has 94 valence electrons. The van der Waals surface area contributed by atoms with E-state index in [1.54, 1.807) is 11.8 Å². The summed E-state index contributed by atoms with van der Waals surface area (Å²) < 4.78 is 0. The average molecular weight is 272 g/mol. The number of alkyl halides is 1. The lowest BCUT2D eigenvalue weighted by Crippen LogP contribution is -2.26. The van der Waals surface area contributed by atoms with Crippen molar-refractivity contribution in [3.8, 4) is 0 Å². The summed E-state index contributed by atoms with van der Waals surface area (Å²) in [6, 6.07) is 9.93. The maximum Gasteiger partial charge on any atom is 0.230 e. The minimum atomic E-state index is 0.0843. The third kappa shape index (κ3) is 7.29. The van der Waals surface area contributed by atoms with E-state index in [4.69, 9.17) is 11.6 Å². The van der Waals surface area contributed by atoms with Gasteiger partial charge in [0, 0.05) is 16.8 Å². The number of hydrogen-bond acceptors (Lipinski definition) is 2. The summed E-state index contributed by atoms with van der Waals surface area (Å²) in [5, 5.41) is 3.08. The number of carbonyl (C=O) groups is 1. The monoisotopic (exact) mass is 271 g/mol. The fraction of sp³-hybridized carbons (Fsp3) is 0.462. The van der Waals surface area contributed by atoms with Crippen molar-refractivity contribution in [2.45, 2.75) is 30.0 Å². The van der Waals surface area contributed by atoms with E-state index < -0.39 is 0 Å². The van der Waals surface area contributed by atoms with E-state index in [2.05, 4.69) is 5.32 Å². The van der Waals surface area contributed by atoms with Gasteiger partial charge >= 0.3 is 0 Å². The molecule has 0 aliphatic rings. The van der Waals surface area contributed by atoms with Crippen LogP contribution in [-0.4, -0.2) is 23.6 Å². The number of thioether (sulfide) groups is 1. The number of rotatable bonds is 7. The van der Waals surface area contributed by atoms with E-state index >= 15 is 0 Å². The summed E-state index contributed by atoms with van der Waals surface area (Å²) in [6.45, 7) is 2.68. The smallest absolute Gasteiger partial charge is 0.230 e. The van der Waals surface area contributed by atoms with Crippen molar-refractivity contribution in [1.82, 2.24) is 5.32 Å². The minimum absolute atomic E-state index is 0.0843. The lowest BCUT2D eigenvalue weighted by Gasteiger charge is -2.06. The molecule has 0 aromatic heterocycles. The maximum absolute atomic E-state index is 11.5. The molecule has 1 rings (SSSR count). The van der Waals surface area contributed by atoms with Gasteiger partial charge in [-0.2, -0.15) is 0 Å². The van der Waals surface area contributed by atoms with Crippen LogP contribution in [0.1, 0.15) is 19.8 Å². The Morgan fingerprint density at radius 1 is 1.41 bits per heavy atom. The first-order valence-electron chi connectivity index (χ1n) is 5.77. The van der Waals surface area contributed by atoms with Crippen LogP contribution in [0.25, 0.3) is 0 Å². The van der Waals surface area contributed by atoms with Gasteiger partial charge in [-0.25, -0.2) is 0 Å². The zero-order chi connectivity index (χ0) is 12.5. The molecule has 17 heavy (non-hydrogen) atoms. The highest BCUT2D eigenvalue weighted by atomic mass is 35.5. The minimum Gasteiger partial charge on any atom is -0.355 e. The molecule has 1 unspecified atom stereocenters. The van der Waals surface area contributed by atoms with E-state index in [0.717, 1.165) is 17.7 Å². The highest BCUT2D eigenvalue weighted by molar-refractivity contribution is 8.00. The zero-order valence-electron chi connectivity index (χ0n) is 9.99. The summed E-state index contributed by atoms with van der Waals surface area (Å²) in [6.07, 6.45) is 1.88. The highest BCUT2D eigenvalue weighted by Gasteiger charge is 2.02. The predicted molar refractivity (Wildman–Crippen MR) is 74.7 cm³/mol. The summed E-state index contributed by atoms with van der Waals surface area (Å²) in [5.74, 6) is 0.557. The van der Waals surface area contributed by atoms with Crippen LogP contribution in [0.3, 0.4) is 0 Å². The SMILES string of the molecule is CC(Cl)CCCNC(=O)CSc1ccccc1. The summed E-state index contributed by atoms with van der Waals surface area (Å²) >= 11 is 7.37. The second kappa shape index (κ2) is 8.43. The Kier molecular flexibility index (Phi) is 7.13. The number of hydrogen-bond donors (Lipinski definition) is 1. The fourth-order valence-electron chi connectivity index (χ4n) is 1.33. The third-order valence-electron chi connectivity index (χ3n) is 2.21. The van der Waals surface area contributed by atoms with E-state index in [9.17, 15) is 4.79 Å². The van der Waals surface area contributed by atoms with Crippen molar-refractivity contribution in [3.63, 3.8) is 0 Å². The van der Waals surface area contributed by atoms with Gasteiger partial charge in [-0.3, -0.25) is 4.79 Å². The average Bonchev–Trinajstić information content (AvgIpc) is 2.33. The van der Waals surface area contributed by atoms with Crippen LogP contribution >= 0.6 is 23.4 Å². The Morgan fingerprint density at radius 2 is 2.12 bits per heavy atom. The molecule has 2 nitrogen and oxygen atoms in total. The van der Waals surface area contributed by atoms with E-state index in [0.29, 0.717) is 12.3 Å². The first kappa shape index (κ1) is 14.4. The quantitative estimate of drug-likeness (QED) is 0.468. The molecule has 0 fully saturated rings. The molecule has 0 aliphatic heterocycles. The van der Waals surface area contributed by atoms with Gasteiger partial charge < -0.3 is 5.32 Å². The molecule has 0 radical (unpaired) electrons. The number of benzene rings is 1. The normalized spacial score (nSPS) is 12.1. The molecule has 0 spiro atoms. The Hall–Kier alpha value is -0.670. The van der Waals surface area contributed by atoms with Gasteiger partial charge in [0.25, 0.3) is 0 Å². The molecule has 0 saturated heterocycles. The fourth-order valence-corrected chi connectivity index (χ4v) is 2.23. The molecule has 1 amide bonds. The Balaban J connectivity index is 2.09. The number of halogens is 1. The van der Waals surface area contributed by atoms with Crippen LogP contribution < -0.4 is 5.32 Å². The largest absolute Gasteiger partial charge is 0.355 e. The topological polar surface area (TPSA) is 29.1 Å². The number of carbonyl (C=O) groups excluding carboxylic acids is 1. The van der Waals surface area contributed by atoms with Crippen LogP contribution in [0.15, 0.2) is 35.2 Å². The van der Waals surface area contributed by atoms with Crippen molar-refractivity contribution < 1.29 is 4.79 Å². The predicted octanol–water partition coefficient (Wildman–Crippen LogP) is 3.30. The highest BCUT2D eigenvalue weighted by Crippen LogP contribution is 2.16. The van der Waals surface area contributed by atoms with Gasteiger partial charge in [0.1, 0.15) is 0 Å². The first-order valence-corrected chi connectivity index (χ1v) is 7.19. The molecule has 0 bridgehead atoms. The van der Waals surface area contributed by atoms with Crippen LogP contribution in [0.4, 0.5) is 0 Å². The van der Waals surface area contributed by atoms with Crippen molar-refractivity contribution in [2.24, 2.45) is 0 Å². The first-order chi connectivity index (χ1) is 8.18. The number of nitrogens with one attached hydrogen (secondary N) is 1. The lowest BCUT2D eigenvalue weighted by molar-refractivity contribution is -0.118. The molecule has 1 aromatic rings. The van der Waals surface area contributed by atoms with Crippen LogP contribution in [0.5, 0.6) is 0 Å². The van der Waals surface area contributed by atoms with Crippen LogP contribution in [0.2, 0.25) is 0 Å². The molecule has 1 aromatic carbocycles. The molecule has 4 heteroatoms. The van der Waals surface area contributed by atoms with E-state index in [1.165, 1.54) is 0 Å². The van der Waals surface area contributed by atoms with Gasteiger partial charge in [-0.15, -0.1) is 23.4 Å². The second-order valence-corrected chi connectivity index (χ2v) is 5.67. The van der Waals surface area contributed by atoms with Crippen molar-refractivity contribution in [3.05, 3.63) is 30.3 Å². The van der Waals surface area contributed by atoms with Crippen molar-refractivity contribution in [2.75, 3.05) is 12.3 Å². The maximum atomic E-state index is 11.5. The standard InChI is InChI=1S/C13H18ClNOS/c1-11(14)6-5-9-15-13(16)10-17-12-7-3-2-4-8-12/h2-4,7-8,11H,5-6,9-10H2,1H3,(H,15,16). The molecule has 0 saturated carbocycles. The van der Waals surface area contributed by atoms with Crippen molar-refractivity contribution in [1.29, 1.82) is 0 Å². The van der Waals surface area contributed by atoms with E-state index in [-0.39, 0.29) is 11.3 Å². The lowest BCUT2D eigenvalue weighted by atomic mass is 10.2. The van der Waals surface area contributed by atoms with Crippen molar-refractivity contribution >= 4 is 29.3 Å². The van der Waals surface area contributed by atoms with Crippen LogP contribution in [0, 0.1) is 0 Å². The Bertz CT molecular complexity index is 329. The van der Waals surface area contributed by atoms with Gasteiger partial charge in [-0.05, 0) is 31.9 Å². The van der Waals surface area contributed by atoms with Crippen LogP contribution in [-0.2, 0) is 4.79 Å². The second-order valence-electron chi connectivity index (χ2n) is 3.87. The Labute approximate surface area is 112 Å². The molecule has 0 heterocycles. The molecular formula is C13H18ClNOS. The van der Waals surface area contributed by atoms with Gasteiger partial charge in [0.05, 0.1) is 5.75 Å². The zero-order valence-corrected chi connectivity index (χ0v) is 11.6. The summed E-state index contributed by atoms with van der Waals surface area (Å²) in [7, 11) is 0. The van der Waals surface area contributed by atoms with Gasteiger partial charge in [0.15, 0.2) is 0 Å².